The molecule has 1 aliphatic rings. The highest BCUT2D eigenvalue weighted by atomic mass is 32.2. The van der Waals surface area contributed by atoms with Crippen LogP contribution in [0.1, 0.15) is 25.0 Å². The quantitative estimate of drug-likeness (QED) is 0.825. The molecule has 0 aliphatic carbocycles. The van der Waals surface area contributed by atoms with Crippen LogP contribution in [0.25, 0.3) is 0 Å². The topological polar surface area (TPSA) is 55.4 Å². The fourth-order valence-electron chi connectivity index (χ4n) is 3.32. The minimum atomic E-state index is -3.26. The molecule has 1 aliphatic heterocycles. The molecule has 134 valence electrons. The number of ether oxygens (including phenoxy) is 1. The van der Waals surface area contributed by atoms with Crippen LogP contribution < -0.4 is 5.32 Å². The van der Waals surface area contributed by atoms with Crippen LogP contribution >= 0.6 is 0 Å². The van der Waals surface area contributed by atoms with Crippen LogP contribution in [0.15, 0.2) is 65.6 Å². The third-order valence-electron chi connectivity index (χ3n) is 4.64. The Bertz CT molecular complexity index is 762. The molecule has 3 rings (SSSR count). The van der Waals surface area contributed by atoms with Gasteiger partial charge in [-0.15, -0.1) is 0 Å². The number of sulfone groups is 1. The highest BCUT2D eigenvalue weighted by Crippen LogP contribution is 2.33. The van der Waals surface area contributed by atoms with Crippen molar-refractivity contribution in [3.8, 4) is 0 Å². The van der Waals surface area contributed by atoms with Gasteiger partial charge in [-0.25, -0.2) is 8.42 Å². The third kappa shape index (κ3) is 4.69. The van der Waals surface area contributed by atoms with Crippen LogP contribution in [-0.2, 0) is 14.6 Å². The Morgan fingerprint density at radius 1 is 1.08 bits per heavy atom. The minimum absolute atomic E-state index is 0.0895. The van der Waals surface area contributed by atoms with E-state index in [0.717, 1.165) is 19.6 Å². The minimum Gasteiger partial charge on any atom is -0.373 e. The molecule has 2 aromatic carbocycles. The lowest BCUT2D eigenvalue weighted by Crippen LogP contribution is -2.37. The molecule has 0 amide bonds. The first-order valence-electron chi connectivity index (χ1n) is 8.74. The van der Waals surface area contributed by atoms with E-state index in [-0.39, 0.29) is 17.9 Å². The van der Waals surface area contributed by atoms with Gasteiger partial charge < -0.3 is 10.1 Å². The van der Waals surface area contributed by atoms with Gasteiger partial charge in [0.05, 0.1) is 16.8 Å². The second kappa shape index (κ2) is 8.13. The molecule has 0 bridgehead atoms. The zero-order valence-electron chi connectivity index (χ0n) is 14.5. The fraction of sp³-hybridized carbons (Fsp3) is 0.400. The number of rotatable bonds is 7. The van der Waals surface area contributed by atoms with Crippen molar-refractivity contribution >= 4 is 9.84 Å². The summed E-state index contributed by atoms with van der Waals surface area (Å²) in [5.41, 5.74) is 1.19. The number of hydrogen-bond acceptors (Lipinski definition) is 4. The second-order valence-corrected chi connectivity index (χ2v) is 8.69. The summed E-state index contributed by atoms with van der Waals surface area (Å²) >= 11 is 0. The second-order valence-electron chi connectivity index (χ2n) is 6.65. The van der Waals surface area contributed by atoms with Crippen molar-refractivity contribution in [2.24, 2.45) is 5.92 Å². The fourth-order valence-corrected chi connectivity index (χ4v) is 4.86. The van der Waals surface area contributed by atoms with Gasteiger partial charge in [0, 0.05) is 25.1 Å². The third-order valence-corrected chi connectivity index (χ3v) is 6.57. The summed E-state index contributed by atoms with van der Waals surface area (Å²) in [6.45, 7) is 3.43. The predicted molar refractivity (Wildman–Crippen MR) is 99.2 cm³/mol. The molecule has 2 aromatic rings. The van der Waals surface area contributed by atoms with Crippen LogP contribution in [0.3, 0.4) is 0 Å². The largest absolute Gasteiger partial charge is 0.373 e. The van der Waals surface area contributed by atoms with Gasteiger partial charge in [0.2, 0.25) is 0 Å². The molecular weight excluding hydrogens is 334 g/mol. The first kappa shape index (κ1) is 18.1. The summed E-state index contributed by atoms with van der Waals surface area (Å²) in [7, 11) is -3.26. The first-order valence-corrected chi connectivity index (χ1v) is 10.4. The van der Waals surface area contributed by atoms with Crippen molar-refractivity contribution in [3.05, 3.63) is 66.2 Å². The first-order chi connectivity index (χ1) is 12.1. The SMILES string of the molecule is C[C@H](CS(=O)(=O)c1ccccc1)NC[C@H]1CCO[C@@H]1c1ccccc1. The lowest BCUT2D eigenvalue weighted by molar-refractivity contribution is 0.0901. The van der Waals surface area contributed by atoms with Gasteiger partial charge in [0.25, 0.3) is 0 Å². The number of nitrogens with one attached hydrogen (secondary N) is 1. The summed E-state index contributed by atoms with van der Waals surface area (Å²) in [6, 6.07) is 18.8. The Labute approximate surface area is 150 Å². The van der Waals surface area contributed by atoms with Gasteiger partial charge in [0.1, 0.15) is 0 Å². The van der Waals surface area contributed by atoms with Crippen LogP contribution in [0, 0.1) is 5.92 Å². The highest BCUT2D eigenvalue weighted by molar-refractivity contribution is 7.91. The molecule has 0 unspecified atom stereocenters. The summed E-state index contributed by atoms with van der Waals surface area (Å²) in [5.74, 6) is 0.463. The highest BCUT2D eigenvalue weighted by Gasteiger charge is 2.30. The molecule has 1 N–H and O–H groups in total. The average molecular weight is 359 g/mol. The molecule has 0 saturated carbocycles. The van der Waals surface area contributed by atoms with Gasteiger partial charge >= 0.3 is 0 Å². The zero-order valence-corrected chi connectivity index (χ0v) is 15.3. The van der Waals surface area contributed by atoms with Gasteiger partial charge in [-0.2, -0.15) is 0 Å². The maximum absolute atomic E-state index is 12.5. The smallest absolute Gasteiger partial charge is 0.179 e. The van der Waals surface area contributed by atoms with E-state index in [2.05, 4.69) is 17.4 Å². The van der Waals surface area contributed by atoms with Gasteiger partial charge in [-0.05, 0) is 31.0 Å². The molecule has 1 saturated heterocycles. The Balaban J connectivity index is 1.56. The van der Waals surface area contributed by atoms with E-state index >= 15 is 0 Å². The maximum atomic E-state index is 12.5. The van der Waals surface area contributed by atoms with Crippen molar-refractivity contribution in [1.29, 1.82) is 0 Å². The lowest BCUT2D eigenvalue weighted by atomic mass is 9.95. The van der Waals surface area contributed by atoms with Crippen molar-refractivity contribution in [1.82, 2.24) is 5.32 Å². The van der Waals surface area contributed by atoms with Gasteiger partial charge in [-0.1, -0.05) is 48.5 Å². The Kier molecular flexibility index (Phi) is 5.89. The molecule has 1 fully saturated rings. The molecule has 0 spiro atoms. The molecule has 0 radical (unpaired) electrons. The van der Waals surface area contributed by atoms with Crippen LogP contribution in [0.2, 0.25) is 0 Å². The Morgan fingerprint density at radius 2 is 1.72 bits per heavy atom. The van der Waals surface area contributed by atoms with Gasteiger partial charge in [-0.3, -0.25) is 0 Å². The van der Waals surface area contributed by atoms with E-state index in [0.29, 0.717) is 10.8 Å². The zero-order chi connectivity index (χ0) is 17.7. The Hall–Kier alpha value is -1.69. The van der Waals surface area contributed by atoms with Crippen molar-refractivity contribution < 1.29 is 13.2 Å². The molecule has 0 aromatic heterocycles. The summed E-state index contributed by atoms with van der Waals surface area (Å²) in [5, 5.41) is 3.39. The van der Waals surface area contributed by atoms with E-state index in [4.69, 9.17) is 4.74 Å². The molecule has 5 heteroatoms. The maximum Gasteiger partial charge on any atom is 0.179 e. The Morgan fingerprint density at radius 3 is 2.40 bits per heavy atom. The molecule has 4 nitrogen and oxygen atoms in total. The molecule has 1 heterocycles. The number of benzene rings is 2. The molecular formula is C20H25NO3S. The van der Waals surface area contributed by atoms with Crippen molar-refractivity contribution in [2.45, 2.75) is 30.4 Å². The van der Waals surface area contributed by atoms with E-state index in [9.17, 15) is 8.42 Å². The monoisotopic (exact) mass is 359 g/mol. The normalized spacial score (nSPS) is 22.0. The van der Waals surface area contributed by atoms with Crippen molar-refractivity contribution in [3.63, 3.8) is 0 Å². The van der Waals surface area contributed by atoms with Gasteiger partial charge in [0.15, 0.2) is 9.84 Å². The van der Waals surface area contributed by atoms with E-state index < -0.39 is 9.84 Å². The van der Waals surface area contributed by atoms with E-state index in [1.807, 2.05) is 31.2 Å². The predicted octanol–water partition coefficient (Wildman–Crippen LogP) is 3.22. The molecule has 25 heavy (non-hydrogen) atoms. The van der Waals surface area contributed by atoms with E-state index in [1.165, 1.54) is 5.56 Å². The van der Waals surface area contributed by atoms with Crippen LogP contribution in [0.5, 0.6) is 0 Å². The van der Waals surface area contributed by atoms with Crippen LogP contribution in [0.4, 0.5) is 0 Å². The average Bonchev–Trinajstić information content (AvgIpc) is 3.10. The molecule has 3 atom stereocenters. The standard InChI is InChI=1S/C20H25NO3S/c1-16(15-25(22,23)19-10-6-3-7-11-19)21-14-18-12-13-24-20(18)17-8-4-2-5-9-17/h2-11,16,18,20-21H,12-15H2,1H3/t16-,18-,20-/m1/s1. The number of hydrogen-bond donors (Lipinski definition) is 1. The lowest BCUT2D eigenvalue weighted by Gasteiger charge is -2.22. The summed E-state index contributed by atoms with van der Waals surface area (Å²) in [4.78, 5) is 0.384. The summed E-state index contributed by atoms with van der Waals surface area (Å²) in [6.07, 6.45) is 1.08. The van der Waals surface area contributed by atoms with Crippen LogP contribution in [-0.4, -0.2) is 33.4 Å². The van der Waals surface area contributed by atoms with Crippen molar-refractivity contribution in [2.75, 3.05) is 18.9 Å². The summed E-state index contributed by atoms with van der Waals surface area (Å²) < 4.78 is 30.8. The van der Waals surface area contributed by atoms with E-state index in [1.54, 1.807) is 24.3 Å².